The highest BCUT2D eigenvalue weighted by Crippen LogP contribution is 2.21. The predicted octanol–water partition coefficient (Wildman–Crippen LogP) is 1.20. The molecule has 0 fully saturated rings. The largest absolute Gasteiger partial charge is 0.368 e. The zero-order valence-corrected chi connectivity index (χ0v) is 9.98. The lowest BCUT2D eigenvalue weighted by atomic mass is 10.4. The average Bonchev–Trinajstić information content (AvgIpc) is 2.29. The standard InChI is InChI=1S/C11H11N3O2S/c1-8-10(7-13-11(12)14-8)17(15,16)9-5-3-2-4-6-9/h2-7H,1H3,(H2,12,13,14). The summed E-state index contributed by atoms with van der Waals surface area (Å²) < 4.78 is 24.5. The van der Waals surface area contributed by atoms with Crippen molar-refractivity contribution >= 4 is 15.8 Å². The highest BCUT2D eigenvalue weighted by Gasteiger charge is 2.20. The fourth-order valence-corrected chi connectivity index (χ4v) is 2.86. The van der Waals surface area contributed by atoms with Gasteiger partial charge >= 0.3 is 0 Å². The highest BCUT2D eigenvalue weighted by molar-refractivity contribution is 7.91. The average molecular weight is 249 g/mol. The Balaban J connectivity index is 2.61. The minimum atomic E-state index is -3.57. The van der Waals surface area contributed by atoms with Crippen LogP contribution in [0.15, 0.2) is 46.3 Å². The van der Waals surface area contributed by atoms with Crippen LogP contribution < -0.4 is 5.73 Å². The fourth-order valence-electron chi connectivity index (χ4n) is 1.46. The number of nitrogens with zero attached hydrogens (tertiary/aromatic N) is 2. The molecule has 0 atom stereocenters. The van der Waals surface area contributed by atoms with Gasteiger partial charge in [-0.05, 0) is 19.1 Å². The molecule has 0 spiro atoms. The lowest BCUT2D eigenvalue weighted by molar-refractivity contribution is 0.594. The summed E-state index contributed by atoms with van der Waals surface area (Å²) in [6.45, 7) is 1.59. The van der Waals surface area contributed by atoms with E-state index < -0.39 is 9.84 Å². The Labute approximate surface area is 99.3 Å². The zero-order chi connectivity index (χ0) is 12.5. The van der Waals surface area contributed by atoms with E-state index in [9.17, 15) is 8.42 Å². The summed E-state index contributed by atoms with van der Waals surface area (Å²) >= 11 is 0. The Morgan fingerprint density at radius 1 is 1.18 bits per heavy atom. The molecule has 1 aromatic heterocycles. The summed E-state index contributed by atoms with van der Waals surface area (Å²) in [6, 6.07) is 8.16. The molecule has 5 nitrogen and oxygen atoms in total. The Kier molecular flexibility index (Phi) is 2.81. The van der Waals surface area contributed by atoms with Gasteiger partial charge < -0.3 is 5.73 Å². The van der Waals surface area contributed by atoms with Gasteiger partial charge in [0.2, 0.25) is 15.8 Å². The number of nitrogens with two attached hydrogens (primary N) is 1. The number of anilines is 1. The highest BCUT2D eigenvalue weighted by atomic mass is 32.2. The van der Waals surface area contributed by atoms with Crippen LogP contribution in [0.2, 0.25) is 0 Å². The topological polar surface area (TPSA) is 85.9 Å². The number of aromatic nitrogens is 2. The Morgan fingerprint density at radius 2 is 1.82 bits per heavy atom. The van der Waals surface area contributed by atoms with Gasteiger partial charge in [-0.15, -0.1) is 0 Å². The van der Waals surface area contributed by atoms with Crippen LogP contribution in [-0.4, -0.2) is 18.4 Å². The molecule has 17 heavy (non-hydrogen) atoms. The molecule has 0 amide bonds. The maximum atomic E-state index is 12.2. The second-order valence-corrected chi connectivity index (χ2v) is 5.41. The van der Waals surface area contributed by atoms with Crippen molar-refractivity contribution in [2.75, 3.05) is 5.73 Å². The van der Waals surface area contributed by atoms with E-state index >= 15 is 0 Å². The summed E-state index contributed by atoms with van der Waals surface area (Å²) in [5, 5.41) is 0. The van der Waals surface area contributed by atoms with Crippen LogP contribution >= 0.6 is 0 Å². The maximum Gasteiger partial charge on any atom is 0.220 e. The monoisotopic (exact) mass is 249 g/mol. The van der Waals surface area contributed by atoms with E-state index in [4.69, 9.17) is 5.73 Å². The molecule has 88 valence electrons. The molecule has 0 aliphatic rings. The number of sulfone groups is 1. The summed E-state index contributed by atoms with van der Waals surface area (Å²) in [5.74, 6) is 0.0644. The number of rotatable bonds is 2. The van der Waals surface area contributed by atoms with Gasteiger partial charge in [0.1, 0.15) is 4.90 Å². The molecule has 6 heteroatoms. The molecule has 0 unspecified atom stereocenters. The van der Waals surface area contributed by atoms with E-state index in [-0.39, 0.29) is 15.7 Å². The van der Waals surface area contributed by atoms with Crippen LogP contribution in [0.5, 0.6) is 0 Å². The third-order valence-electron chi connectivity index (χ3n) is 2.30. The lowest BCUT2D eigenvalue weighted by Crippen LogP contribution is -2.07. The van der Waals surface area contributed by atoms with Crippen molar-refractivity contribution in [1.29, 1.82) is 0 Å². The summed E-state index contributed by atoms with van der Waals surface area (Å²) in [7, 11) is -3.57. The SMILES string of the molecule is Cc1nc(N)ncc1S(=O)(=O)c1ccccc1. The van der Waals surface area contributed by atoms with Gasteiger partial charge in [-0.3, -0.25) is 0 Å². The molecular formula is C11H11N3O2S. The van der Waals surface area contributed by atoms with E-state index in [1.165, 1.54) is 18.3 Å². The van der Waals surface area contributed by atoms with E-state index in [2.05, 4.69) is 9.97 Å². The number of hydrogen-bond donors (Lipinski definition) is 1. The molecule has 2 N–H and O–H groups in total. The quantitative estimate of drug-likeness (QED) is 0.864. The predicted molar refractivity (Wildman–Crippen MR) is 63.1 cm³/mol. The van der Waals surface area contributed by atoms with E-state index in [1.807, 2.05) is 0 Å². The minimum Gasteiger partial charge on any atom is -0.368 e. The van der Waals surface area contributed by atoms with Crippen molar-refractivity contribution in [2.45, 2.75) is 16.7 Å². The van der Waals surface area contributed by atoms with Crippen LogP contribution in [0.1, 0.15) is 5.69 Å². The Hall–Kier alpha value is -1.95. The summed E-state index contributed by atoms with van der Waals surface area (Å²) in [5.41, 5.74) is 5.74. The second kappa shape index (κ2) is 4.14. The molecular weight excluding hydrogens is 238 g/mol. The maximum absolute atomic E-state index is 12.2. The van der Waals surface area contributed by atoms with Gasteiger partial charge in [-0.25, -0.2) is 18.4 Å². The lowest BCUT2D eigenvalue weighted by Gasteiger charge is -2.06. The molecule has 0 bridgehead atoms. The number of benzene rings is 1. The first kappa shape index (κ1) is 11.5. The molecule has 0 radical (unpaired) electrons. The van der Waals surface area contributed by atoms with Gasteiger partial charge in [0.05, 0.1) is 16.8 Å². The third kappa shape index (κ3) is 2.12. The number of aryl methyl sites for hydroxylation is 1. The van der Waals surface area contributed by atoms with Crippen molar-refractivity contribution in [1.82, 2.24) is 9.97 Å². The first-order chi connectivity index (χ1) is 8.01. The van der Waals surface area contributed by atoms with Gasteiger partial charge in [0, 0.05) is 0 Å². The summed E-state index contributed by atoms with van der Waals surface area (Å²) in [6.07, 6.45) is 1.24. The van der Waals surface area contributed by atoms with Crippen LogP contribution in [0, 0.1) is 6.92 Å². The normalized spacial score (nSPS) is 11.4. The van der Waals surface area contributed by atoms with Crippen molar-refractivity contribution in [2.24, 2.45) is 0 Å². The first-order valence-electron chi connectivity index (χ1n) is 4.91. The van der Waals surface area contributed by atoms with Crippen molar-refractivity contribution in [3.63, 3.8) is 0 Å². The number of hydrogen-bond acceptors (Lipinski definition) is 5. The van der Waals surface area contributed by atoms with Gasteiger partial charge in [-0.2, -0.15) is 0 Å². The summed E-state index contributed by atoms with van der Waals surface area (Å²) in [4.78, 5) is 7.87. The van der Waals surface area contributed by atoms with Crippen LogP contribution in [0.3, 0.4) is 0 Å². The fraction of sp³-hybridized carbons (Fsp3) is 0.0909. The zero-order valence-electron chi connectivity index (χ0n) is 9.16. The van der Waals surface area contributed by atoms with Gasteiger partial charge in [0.25, 0.3) is 0 Å². The number of nitrogen functional groups attached to an aromatic ring is 1. The van der Waals surface area contributed by atoms with Crippen LogP contribution in [0.4, 0.5) is 5.95 Å². The third-order valence-corrected chi connectivity index (χ3v) is 4.17. The van der Waals surface area contributed by atoms with E-state index in [0.717, 1.165) is 0 Å². The smallest absolute Gasteiger partial charge is 0.220 e. The Morgan fingerprint density at radius 3 is 2.41 bits per heavy atom. The van der Waals surface area contributed by atoms with Crippen molar-refractivity contribution in [3.05, 3.63) is 42.2 Å². The Bertz CT molecular complexity index is 639. The molecule has 0 aliphatic heterocycles. The molecule has 2 rings (SSSR count). The van der Waals surface area contributed by atoms with Gasteiger partial charge in [-0.1, -0.05) is 18.2 Å². The molecule has 1 heterocycles. The first-order valence-corrected chi connectivity index (χ1v) is 6.39. The van der Waals surface area contributed by atoms with Crippen LogP contribution in [-0.2, 0) is 9.84 Å². The minimum absolute atomic E-state index is 0.0644. The molecule has 0 saturated heterocycles. The second-order valence-electron chi connectivity index (χ2n) is 3.49. The molecule has 0 aliphatic carbocycles. The molecule has 2 aromatic rings. The van der Waals surface area contributed by atoms with Crippen LogP contribution in [0.25, 0.3) is 0 Å². The molecule has 0 saturated carbocycles. The molecule has 1 aromatic carbocycles. The van der Waals surface area contributed by atoms with Gasteiger partial charge in [0.15, 0.2) is 0 Å². The van der Waals surface area contributed by atoms with E-state index in [1.54, 1.807) is 25.1 Å². The van der Waals surface area contributed by atoms with Crippen molar-refractivity contribution < 1.29 is 8.42 Å². The van der Waals surface area contributed by atoms with E-state index in [0.29, 0.717) is 5.69 Å². The van der Waals surface area contributed by atoms with Crippen molar-refractivity contribution in [3.8, 4) is 0 Å².